The average Bonchev–Trinajstić information content (AvgIpc) is 2.61. The van der Waals surface area contributed by atoms with E-state index < -0.39 is 9.84 Å². The molecule has 1 rings (SSSR count). The molecular formula is C13H28N2O2S. The Kier molecular flexibility index (Phi) is 6.60. The zero-order valence-electron chi connectivity index (χ0n) is 12.0. The van der Waals surface area contributed by atoms with Gasteiger partial charge in [-0.2, -0.15) is 0 Å². The summed E-state index contributed by atoms with van der Waals surface area (Å²) in [6.45, 7) is 8.52. The molecule has 0 radical (unpaired) electrons. The molecule has 1 fully saturated rings. The Morgan fingerprint density at radius 3 is 2.61 bits per heavy atom. The molecule has 1 saturated heterocycles. The highest BCUT2D eigenvalue weighted by molar-refractivity contribution is 7.91. The minimum atomic E-state index is -2.70. The van der Waals surface area contributed by atoms with E-state index in [0.717, 1.165) is 39.0 Å². The van der Waals surface area contributed by atoms with E-state index in [0.29, 0.717) is 23.3 Å². The average molecular weight is 276 g/mol. The van der Waals surface area contributed by atoms with Gasteiger partial charge in [0.05, 0.1) is 11.5 Å². The van der Waals surface area contributed by atoms with Crippen molar-refractivity contribution < 1.29 is 8.42 Å². The van der Waals surface area contributed by atoms with Gasteiger partial charge in [-0.25, -0.2) is 8.42 Å². The number of nitrogens with zero attached hydrogens (tertiary/aromatic N) is 1. The highest BCUT2D eigenvalue weighted by atomic mass is 32.2. The molecule has 0 spiro atoms. The molecule has 1 N–H and O–H groups in total. The van der Waals surface area contributed by atoms with Crippen LogP contribution in [0.5, 0.6) is 0 Å². The Labute approximate surface area is 112 Å². The van der Waals surface area contributed by atoms with E-state index in [2.05, 4.69) is 31.1 Å². The van der Waals surface area contributed by atoms with Crippen molar-refractivity contribution in [3.63, 3.8) is 0 Å². The van der Waals surface area contributed by atoms with Gasteiger partial charge in [0.2, 0.25) is 0 Å². The topological polar surface area (TPSA) is 49.4 Å². The van der Waals surface area contributed by atoms with Crippen molar-refractivity contribution in [3.05, 3.63) is 0 Å². The first-order chi connectivity index (χ1) is 8.39. The van der Waals surface area contributed by atoms with Gasteiger partial charge in [0.15, 0.2) is 9.84 Å². The number of sulfone groups is 1. The quantitative estimate of drug-likeness (QED) is 0.672. The smallest absolute Gasteiger partial charge is 0.150 e. The molecule has 18 heavy (non-hydrogen) atoms. The fourth-order valence-electron chi connectivity index (χ4n) is 2.28. The lowest BCUT2D eigenvalue weighted by atomic mass is 10.1. The van der Waals surface area contributed by atoms with Crippen LogP contribution in [0.1, 0.15) is 26.7 Å². The van der Waals surface area contributed by atoms with Crippen molar-refractivity contribution in [3.8, 4) is 0 Å². The summed E-state index contributed by atoms with van der Waals surface area (Å²) in [7, 11) is -0.593. The van der Waals surface area contributed by atoms with Gasteiger partial charge < -0.3 is 10.2 Å². The third-order valence-corrected chi connectivity index (χ3v) is 5.31. The van der Waals surface area contributed by atoms with E-state index >= 15 is 0 Å². The van der Waals surface area contributed by atoms with E-state index in [1.165, 1.54) is 0 Å². The Bertz CT molecular complexity index is 328. The van der Waals surface area contributed by atoms with Crippen molar-refractivity contribution in [2.24, 2.45) is 11.8 Å². The van der Waals surface area contributed by atoms with E-state index in [-0.39, 0.29) is 0 Å². The second-order valence-corrected chi connectivity index (χ2v) is 8.19. The first kappa shape index (κ1) is 15.9. The normalized spacial score (nSPS) is 23.1. The lowest BCUT2D eigenvalue weighted by Crippen LogP contribution is -2.32. The molecule has 108 valence electrons. The predicted molar refractivity (Wildman–Crippen MR) is 76.6 cm³/mol. The van der Waals surface area contributed by atoms with Crippen LogP contribution in [0.4, 0.5) is 0 Å². The standard InChI is InChI=1S/C13H28N2O2S/c1-12(2)10-14-6-8-15(3)7-4-13-5-9-18(16,17)11-13/h12-14H,4-11H2,1-3H3. The highest BCUT2D eigenvalue weighted by Gasteiger charge is 2.27. The van der Waals surface area contributed by atoms with Crippen molar-refractivity contribution in [2.75, 3.05) is 44.7 Å². The zero-order valence-corrected chi connectivity index (χ0v) is 12.8. The number of rotatable bonds is 8. The maximum Gasteiger partial charge on any atom is 0.150 e. The first-order valence-corrected chi connectivity index (χ1v) is 8.81. The fraction of sp³-hybridized carbons (Fsp3) is 1.00. The molecule has 1 aliphatic heterocycles. The monoisotopic (exact) mass is 276 g/mol. The van der Waals surface area contributed by atoms with Crippen molar-refractivity contribution in [2.45, 2.75) is 26.7 Å². The van der Waals surface area contributed by atoms with Crippen LogP contribution in [0, 0.1) is 11.8 Å². The van der Waals surface area contributed by atoms with E-state index in [1.54, 1.807) is 0 Å². The molecule has 1 aliphatic rings. The molecule has 0 aromatic rings. The van der Waals surface area contributed by atoms with Gasteiger partial charge in [0, 0.05) is 13.1 Å². The molecule has 1 atom stereocenters. The van der Waals surface area contributed by atoms with Crippen LogP contribution in [0.2, 0.25) is 0 Å². The Morgan fingerprint density at radius 1 is 1.33 bits per heavy atom. The second kappa shape index (κ2) is 7.46. The molecule has 0 amide bonds. The molecule has 4 nitrogen and oxygen atoms in total. The van der Waals surface area contributed by atoms with Crippen LogP contribution < -0.4 is 5.32 Å². The summed E-state index contributed by atoms with van der Waals surface area (Å²) < 4.78 is 22.7. The lowest BCUT2D eigenvalue weighted by molar-refractivity contribution is 0.303. The van der Waals surface area contributed by atoms with Crippen LogP contribution in [0.15, 0.2) is 0 Å². The number of hydrogen-bond acceptors (Lipinski definition) is 4. The molecule has 5 heteroatoms. The van der Waals surface area contributed by atoms with Gasteiger partial charge in [-0.3, -0.25) is 0 Å². The minimum Gasteiger partial charge on any atom is -0.315 e. The summed E-state index contributed by atoms with van der Waals surface area (Å²) in [5.74, 6) is 1.89. The SMILES string of the molecule is CC(C)CNCCN(C)CCC1CCS(=O)(=O)C1. The summed E-state index contributed by atoms with van der Waals surface area (Å²) in [6.07, 6.45) is 1.88. The van der Waals surface area contributed by atoms with Crippen molar-refractivity contribution in [1.29, 1.82) is 0 Å². The molecule has 1 heterocycles. The summed E-state index contributed by atoms with van der Waals surface area (Å²) in [5, 5.41) is 3.42. The third-order valence-electron chi connectivity index (χ3n) is 3.47. The molecular weight excluding hydrogens is 248 g/mol. The van der Waals surface area contributed by atoms with Gasteiger partial charge >= 0.3 is 0 Å². The second-order valence-electron chi connectivity index (χ2n) is 5.96. The van der Waals surface area contributed by atoms with E-state index in [1.807, 2.05) is 0 Å². The Hall–Kier alpha value is -0.130. The van der Waals surface area contributed by atoms with E-state index in [4.69, 9.17) is 0 Å². The van der Waals surface area contributed by atoms with Crippen LogP contribution in [0.3, 0.4) is 0 Å². The molecule has 1 unspecified atom stereocenters. The fourth-order valence-corrected chi connectivity index (χ4v) is 4.19. The summed E-state index contributed by atoms with van der Waals surface area (Å²) >= 11 is 0. The maximum atomic E-state index is 11.3. The summed E-state index contributed by atoms with van der Waals surface area (Å²) in [4.78, 5) is 2.29. The van der Waals surface area contributed by atoms with Gasteiger partial charge in [-0.05, 0) is 44.8 Å². The number of likely N-dealkylation sites (N-methyl/N-ethyl adjacent to an activating group) is 1. The maximum absolute atomic E-state index is 11.3. The predicted octanol–water partition coefficient (Wildman–Crippen LogP) is 0.989. The Balaban J connectivity index is 2.05. The molecule has 0 aromatic heterocycles. The van der Waals surface area contributed by atoms with Crippen LogP contribution in [-0.4, -0.2) is 58.1 Å². The minimum absolute atomic E-state index is 0.390. The largest absolute Gasteiger partial charge is 0.315 e. The zero-order chi connectivity index (χ0) is 13.6. The lowest BCUT2D eigenvalue weighted by Gasteiger charge is -2.19. The molecule has 0 saturated carbocycles. The van der Waals surface area contributed by atoms with Crippen LogP contribution in [-0.2, 0) is 9.84 Å². The van der Waals surface area contributed by atoms with Gasteiger partial charge in [-0.15, -0.1) is 0 Å². The molecule has 0 aliphatic carbocycles. The van der Waals surface area contributed by atoms with E-state index in [9.17, 15) is 8.42 Å². The summed E-state index contributed by atoms with van der Waals surface area (Å²) in [6, 6.07) is 0. The Morgan fingerprint density at radius 2 is 2.06 bits per heavy atom. The summed E-state index contributed by atoms with van der Waals surface area (Å²) in [5.41, 5.74) is 0. The first-order valence-electron chi connectivity index (χ1n) is 6.99. The van der Waals surface area contributed by atoms with Gasteiger partial charge in [0.1, 0.15) is 0 Å². The van der Waals surface area contributed by atoms with Gasteiger partial charge in [0.25, 0.3) is 0 Å². The van der Waals surface area contributed by atoms with Crippen molar-refractivity contribution in [1.82, 2.24) is 10.2 Å². The third kappa shape index (κ3) is 6.71. The van der Waals surface area contributed by atoms with Gasteiger partial charge in [-0.1, -0.05) is 13.8 Å². The molecule has 0 aromatic carbocycles. The number of hydrogen-bond donors (Lipinski definition) is 1. The van der Waals surface area contributed by atoms with Crippen LogP contribution >= 0.6 is 0 Å². The highest BCUT2D eigenvalue weighted by Crippen LogP contribution is 2.21. The van der Waals surface area contributed by atoms with Crippen LogP contribution in [0.25, 0.3) is 0 Å². The van der Waals surface area contributed by atoms with Crippen molar-refractivity contribution >= 4 is 9.84 Å². The molecule has 0 bridgehead atoms. The number of nitrogens with one attached hydrogen (secondary N) is 1.